The molecule has 202 valence electrons. The number of nitrogens with one attached hydrogen (secondary N) is 1. The van der Waals surface area contributed by atoms with Crippen molar-refractivity contribution >= 4 is 46.2 Å². The topological polar surface area (TPSA) is 106 Å². The summed E-state index contributed by atoms with van der Waals surface area (Å²) in [5.74, 6) is -0.870. The van der Waals surface area contributed by atoms with Crippen molar-refractivity contribution in [2.45, 2.75) is 57.9 Å². The summed E-state index contributed by atoms with van der Waals surface area (Å²) in [4.78, 5) is 34.0. The van der Waals surface area contributed by atoms with Gasteiger partial charge in [0.15, 0.2) is 11.6 Å². The molecule has 0 radical (unpaired) electrons. The number of aromatic nitrogens is 4. The molecule has 1 aromatic carbocycles. The minimum Gasteiger partial charge on any atom is -0.444 e. The predicted molar refractivity (Wildman–Crippen MR) is 134 cm³/mol. The predicted octanol–water partition coefficient (Wildman–Crippen LogP) is 5.15. The zero-order valence-corrected chi connectivity index (χ0v) is 21.5. The van der Waals surface area contributed by atoms with E-state index in [1.165, 1.54) is 12.4 Å². The minimum atomic E-state index is -3.15. The van der Waals surface area contributed by atoms with Gasteiger partial charge in [0.25, 0.3) is 0 Å². The van der Waals surface area contributed by atoms with Gasteiger partial charge in [0.1, 0.15) is 33.7 Å². The Labute approximate surface area is 221 Å². The molecule has 1 N–H and O–H groups in total. The number of carbonyl (C=O) groups excluding carboxylic acids is 1. The van der Waals surface area contributed by atoms with Gasteiger partial charge in [-0.15, -0.1) is 0 Å². The summed E-state index contributed by atoms with van der Waals surface area (Å²) in [5, 5.41) is 2.22. The number of rotatable bonds is 5. The summed E-state index contributed by atoms with van der Waals surface area (Å²) in [7, 11) is 0. The maximum absolute atomic E-state index is 14.8. The Morgan fingerprint density at radius 3 is 2.61 bits per heavy atom. The lowest BCUT2D eigenvalue weighted by atomic mass is 9.91. The average Bonchev–Trinajstić information content (AvgIpc) is 2.87. The van der Waals surface area contributed by atoms with Gasteiger partial charge in [0, 0.05) is 19.1 Å². The van der Waals surface area contributed by atoms with Crippen LogP contribution < -0.4 is 15.0 Å². The molecule has 38 heavy (non-hydrogen) atoms. The number of amides is 1. The fourth-order valence-electron chi connectivity index (χ4n) is 4.64. The van der Waals surface area contributed by atoms with E-state index in [0.717, 1.165) is 18.9 Å². The highest BCUT2D eigenvalue weighted by Crippen LogP contribution is 2.36. The molecule has 3 fully saturated rings. The number of hydrogen-bond acceptors (Lipinski definition) is 9. The number of halogens is 4. The molecular weight excluding hydrogens is 527 g/mol. The second-order valence-corrected chi connectivity index (χ2v) is 10.4. The first-order valence-electron chi connectivity index (χ1n) is 11.9. The Morgan fingerprint density at radius 1 is 1.16 bits per heavy atom. The maximum Gasteiger partial charge on any atom is 0.410 e. The Balaban J connectivity index is 1.40. The van der Waals surface area contributed by atoms with Crippen LogP contribution in [-0.4, -0.2) is 68.3 Å². The van der Waals surface area contributed by atoms with Gasteiger partial charge in [0.2, 0.25) is 5.95 Å². The van der Waals surface area contributed by atoms with E-state index in [9.17, 15) is 18.0 Å². The molecule has 2 bridgehead atoms. The van der Waals surface area contributed by atoms with Crippen molar-refractivity contribution in [2.75, 3.05) is 23.3 Å². The third-order valence-corrected chi connectivity index (χ3v) is 6.65. The Kier molecular flexibility index (Phi) is 6.80. The smallest absolute Gasteiger partial charge is 0.410 e. The lowest BCUT2D eigenvalue weighted by Crippen LogP contribution is -2.64. The normalized spacial score (nSPS) is 19.3. The van der Waals surface area contributed by atoms with Gasteiger partial charge < -0.3 is 24.6 Å². The monoisotopic (exact) mass is 551 g/mol. The minimum absolute atomic E-state index is 0.00959. The number of fused-ring (bicyclic) bond motifs is 4. The van der Waals surface area contributed by atoms with Crippen LogP contribution in [0.5, 0.6) is 5.75 Å². The lowest BCUT2D eigenvalue weighted by Gasteiger charge is -2.51. The number of alkyl halides is 2. The van der Waals surface area contributed by atoms with Crippen LogP contribution in [0.1, 0.15) is 33.6 Å². The standard InChI is InChI=1S/C24H25ClF3N7O3/c1-24(2,3)38-23(36)35-10-12-4-5-13(35)9-34(12)22-29-8-15-19(33-22)20(31-11-30-15)32-14-6-7-16(37-21(27)28)17(25)18(14)26/h6-8,11-13,21H,4-5,9-10H2,1-3H3,(H,30,31,32)/t12-,13+/m1/s1. The highest BCUT2D eigenvalue weighted by Gasteiger charge is 2.43. The summed E-state index contributed by atoms with van der Waals surface area (Å²) in [6, 6.07) is 2.28. The van der Waals surface area contributed by atoms with Gasteiger partial charge in [-0.05, 0) is 45.7 Å². The number of benzene rings is 1. The molecule has 0 saturated carbocycles. The molecule has 3 aliphatic rings. The fraction of sp³-hybridized carbons (Fsp3) is 0.458. The molecule has 2 aromatic heterocycles. The molecule has 1 amide bonds. The van der Waals surface area contributed by atoms with Crippen molar-refractivity contribution in [3.63, 3.8) is 0 Å². The molecule has 3 aliphatic heterocycles. The van der Waals surface area contributed by atoms with E-state index in [1.807, 2.05) is 25.7 Å². The van der Waals surface area contributed by atoms with Crippen molar-refractivity contribution in [3.05, 3.63) is 35.5 Å². The number of hydrogen-bond donors (Lipinski definition) is 1. The van der Waals surface area contributed by atoms with Gasteiger partial charge in [-0.2, -0.15) is 8.78 Å². The molecule has 0 aliphatic carbocycles. The maximum atomic E-state index is 14.8. The molecule has 2 atom stereocenters. The zero-order chi connectivity index (χ0) is 27.2. The first-order chi connectivity index (χ1) is 18.0. The van der Waals surface area contributed by atoms with E-state index >= 15 is 0 Å². The second kappa shape index (κ2) is 9.93. The number of nitrogens with zero attached hydrogens (tertiary/aromatic N) is 6. The van der Waals surface area contributed by atoms with Crippen LogP contribution >= 0.6 is 11.6 Å². The van der Waals surface area contributed by atoms with Crippen LogP contribution in [0.4, 0.5) is 35.4 Å². The van der Waals surface area contributed by atoms with Gasteiger partial charge in [-0.1, -0.05) is 11.6 Å². The summed E-state index contributed by atoms with van der Waals surface area (Å²) in [6.45, 7) is 3.37. The Morgan fingerprint density at radius 2 is 1.92 bits per heavy atom. The largest absolute Gasteiger partial charge is 0.444 e. The van der Waals surface area contributed by atoms with E-state index in [2.05, 4.69) is 30.0 Å². The summed E-state index contributed by atoms with van der Waals surface area (Å²) in [6.07, 6.45) is 4.18. The van der Waals surface area contributed by atoms with E-state index in [0.29, 0.717) is 30.1 Å². The molecule has 6 rings (SSSR count). The van der Waals surface area contributed by atoms with Gasteiger partial charge in [0.05, 0.1) is 17.9 Å². The fourth-order valence-corrected chi connectivity index (χ4v) is 4.84. The second-order valence-electron chi connectivity index (χ2n) is 10.0. The number of carbonyl (C=O) groups is 1. The molecule has 14 heteroatoms. The number of anilines is 3. The van der Waals surface area contributed by atoms with E-state index in [1.54, 1.807) is 11.1 Å². The van der Waals surface area contributed by atoms with Crippen LogP contribution in [0.15, 0.2) is 24.7 Å². The SMILES string of the molecule is CC(C)(C)OC(=O)N1C[C@H]2CC[C@H]1CN2c1ncc2ncnc(Nc3ccc(OC(F)F)c(Cl)c3F)c2n1. The summed E-state index contributed by atoms with van der Waals surface area (Å²) >= 11 is 5.88. The van der Waals surface area contributed by atoms with Crippen LogP contribution in [-0.2, 0) is 4.74 Å². The zero-order valence-electron chi connectivity index (χ0n) is 20.8. The molecule has 3 saturated heterocycles. The van der Waals surface area contributed by atoms with Gasteiger partial charge in [-0.3, -0.25) is 0 Å². The van der Waals surface area contributed by atoms with Gasteiger partial charge in [-0.25, -0.2) is 29.1 Å². The highest BCUT2D eigenvalue weighted by atomic mass is 35.5. The quantitative estimate of drug-likeness (QED) is 0.461. The van der Waals surface area contributed by atoms with Crippen molar-refractivity contribution in [3.8, 4) is 5.75 Å². The van der Waals surface area contributed by atoms with Crippen molar-refractivity contribution < 1.29 is 27.4 Å². The van der Waals surface area contributed by atoms with Crippen molar-refractivity contribution in [2.24, 2.45) is 0 Å². The van der Waals surface area contributed by atoms with Gasteiger partial charge >= 0.3 is 12.7 Å². The summed E-state index contributed by atoms with van der Waals surface area (Å²) in [5.41, 5.74) is 0.0410. The molecule has 10 nitrogen and oxygen atoms in total. The Hall–Kier alpha value is -3.61. The molecule has 0 spiro atoms. The number of ether oxygens (including phenoxy) is 2. The molecular formula is C24H25ClF3N7O3. The van der Waals surface area contributed by atoms with Crippen LogP contribution in [0, 0.1) is 5.82 Å². The summed E-state index contributed by atoms with van der Waals surface area (Å²) < 4.78 is 49.7. The van der Waals surface area contributed by atoms with E-state index < -0.39 is 28.8 Å². The highest BCUT2D eigenvalue weighted by molar-refractivity contribution is 6.32. The Bertz CT molecular complexity index is 1370. The number of piperazine rings is 1. The van der Waals surface area contributed by atoms with E-state index in [4.69, 9.17) is 16.3 Å². The first kappa shape index (κ1) is 26.0. The first-order valence-corrected chi connectivity index (χ1v) is 12.3. The molecule has 0 unspecified atom stereocenters. The average molecular weight is 552 g/mol. The van der Waals surface area contributed by atoms with Crippen molar-refractivity contribution in [1.82, 2.24) is 24.8 Å². The molecule has 5 heterocycles. The van der Waals surface area contributed by atoms with Crippen LogP contribution in [0.3, 0.4) is 0 Å². The number of piperidine rings is 2. The van der Waals surface area contributed by atoms with Crippen molar-refractivity contribution in [1.29, 1.82) is 0 Å². The molecule has 3 aromatic rings. The lowest BCUT2D eigenvalue weighted by molar-refractivity contribution is -0.0499. The third-order valence-electron chi connectivity index (χ3n) is 6.30. The third kappa shape index (κ3) is 5.19. The van der Waals surface area contributed by atoms with Crippen LogP contribution in [0.25, 0.3) is 11.0 Å². The van der Waals surface area contributed by atoms with Crippen LogP contribution in [0.2, 0.25) is 5.02 Å². The van der Waals surface area contributed by atoms with E-state index in [-0.39, 0.29) is 29.7 Å².